The van der Waals surface area contributed by atoms with Gasteiger partial charge in [0.15, 0.2) is 0 Å². The third-order valence-electron chi connectivity index (χ3n) is 0.693. The second kappa shape index (κ2) is 4.98. The minimum atomic E-state index is 0.367. The minimum absolute atomic E-state index is 0.367. The Morgan fingerprint density at radius 2 is 2.00 bits per heavy atom. The van der Waals surface area contributed by atoms with E-state index in [9.17, 15) is 0 Å². The van der Waals surface area contributed by atoms with Crippen molar-refractivity contribution in [1.29, 1.82) is 0 Å². The average molecular weight is 128 g/mol. The predicted octanol–water partition coefficient (Wildman–Crippen LogP) is 2.44. The molecule has 46 valence electrons. The van der Waals surface area contributed by atoms with Crippen molar-refractivity contribution in [3.8, 4) is 0 Å². The van der Waals surface area contributed by atoms with E-state index in [1.165, 1.54) is 0 Å². The Labute approximate surface area is 56.7 Å². The van der Waals surface area contributed by atoms with Gasteiger partial charge < -0.3 is 0 Å². The van der Waals surface area contributed by atoms with E-state index in [1.807, 2.05) is 38.2 Å². The second-order valence-corrected chi connectivity index (χ2v) is 2.47. The quantitative estimate of drug-likeness (QED) is 0.428. The third kappa shape index (κ3) is 5.83. The highest BCUT2D eigenvalue weighted by Crippen LogP contribution is 1.93. The molecule has 0 amide bonds. The van der Waals surface area contributed by atoms with Crippen molar-refractivity contribution in [3.63, 3.8) is 0 Å². The lowest BCUT2D eigenvalue weighted by Crippen LogP contribution is -1.78. The predicted molar refractivity (Wildman–Crippen MR) is 42.4 cm³/mol. The van der Waals surface area contributed by atoms with Crippen LogP contribution in [-0.4, -0.2) is 5.25 Å². The van der Waals surface area contributed by atoms with Crippen LogP contribution in [0.25, 0.3) is 0 Å². The molecule has 0 saturated heterocycles. The van der Waals surface area contributed by atoms with Gasteiger partial charge in [-0.3, -0.25) is 0 Å². The zero-order valence-corrected chi connectivity index (χ0v) is 6.23. The fourth-order valence-electron chi connectivity index (χ4n) is 0.336. The van der Waals surface area contributed by atoms with Gasteiger partial charge in [-0.05, 0) is 13.8 Å². The summed E-state index contributed by atoms with van der Waals surface area (Å²) in [5.74, 6) is 0. The van der Waals surface area contributed by atoms with Gasteiger partial charge in [0.05, 0.1) is 0 Å². The van der Waals surface area contributed by atoms with Crippen molar-refractivity contribution >= 4 is 12.6 Å². The molecule has 1 heteroatoms. The van der Waals surface area contributed by atoms with Gasteiger partial charge in [0.2, 0.25) is 0 Å². The third-order valence-corrected chi connectivity index (χ3v) is 0.865. The molecule has 8 heavy (non-hydrogen) atoms. The standard InChI is InChI=1S/C7H12S/c1-3-4-5-6-7(2)8/h3-8H,1-2H3/b4-3-,6-5-. The van der Waals surface area contributed by atoms with E-state index in [1.54, 1.807) is 0 Å². The van der Waals surface area contributed by atoms with Crippen LogP contribution in [-0.2, 0) is 0 Å². The van der Waals surface area contributed by atoms with Crippen LogP contribution in [0.5, 0.6) is 0 Å². The van der Waals surface area contributed by atoms with Gasteiger partial charge in [-0.15, -0.1) is 0 Å². The molecular formula is C7H12S. The number of hydrogen-bond donors (Lipinski definition) is 1. The maximum atomic E-state index is 4.15. The first kappa shape index (κ1) is 7.83. The Balaban J connectivity index is 3.34. The normalized spacial score (nSPS) is 15.9. The second-order valence-electron chi connectivity index (χ2n) is 1.65. The number of allylic oxidation sites excluding steroid dienone is 3. The Kier molecular flexibility index (Phi) is 4.87. The van der Waals surface area contributed by atoms with Crippen LogP contribution in [0, 0.1) is 0 Å². The first-order valence-corrected chi connectivity index (χ1v) is 3.26. The van der Waals surface area contributed by atoms with Gasteiger partial charge >= 0.3 is 0 Å². The van der Waals surface area contributed by atoms with Gasteiger partial charge in [0.25, 0.3) is 0 Å². The molecule has 0 spiro atoms. The van der Waals surface area contributed by atoms with E-state index in [-0.39, 0.29) is 0 Å². The topological polar surface area (TPSA) is 0 Å². The molecule has 0 heterocycles. The summed E-state index contributed by atoms with van der Waals surface area (Å²) in [6.07, 6.45) is 8.01. The Hall–Kier alpha value is -0.170. The number of thiol groups is 1. The summed E-state index contributed by atoms with van der Waals surface area (Å²) >= 11 is 4.15. The molecule has 0 nitrogen and oxygen atoms in total. The van der Waals surface area contributed by atoms with Crippen molar-refractivity contribution < 1.29 is 0 Å². The Morgan fingerprint density at radius 3 is 2.38 bits per heavy atom. The monoisotopic (exact) mass is 128 g/mol. The molecule has 0 aliphatic heterocycles. The van der Waals surface area contributed by atoms with Crippen molar-refractivity contribution in [2.45, 2.75) is 19.1 Å². The highest BCUT2D eigenvalue weighted by Gasteiger charge is 1.78. The fraction of sp³-hybridized carbons (Fsp3) is 0.429. The van der Waals surface area contributed by atoms with Gasteiger partial charge in [0, 0.05) is 5.25 Å². The van der Waals surface area contributed by atoms with Crippen molar-refractivity contribution in [2.75, 3.05) is 0 Å². The number of rotatable bonds is 2. The zero-order valence-electron chi connectivity index (χ0n) is 5.33. The van der Waals surface area contributed by atoms with E-state index >= 15 is 0 Å². The molecule has 0 rings (SSSR count). The fourth-order valence-corrected chi connectivity index (χ4v) is 0.435. The molecule has 0 radical (unpaired) electrons. The summed E-state index contributed by atoms with van der Waals surface area (Å²) in [6.45, 7) is 4.02. The van der Waals surface area contributed by atoms with E-state index in [4.69, 9.17) is 0 Å². The van der Waals surface area contributed by atoms with E-state index in [2.05, 4.69) is 12.6 Å². The molecule has 0 bridgehead atoms. The molecule has 0 aromatic rings. The molecule has 0 aliphatic rings. The molecule has 0 fully saturated rings. The van der Waals surface area contributed by atoms with Crippen molar-refractivity contribution in [2.24, 2.45) is 0 Å². The lowest BCUT2D eigenvalue weighted by molar-refractivity contribution is 1.26. The summed E-state index contributed by atoms with van der Waals surface area (Å²) in [5, 5.41) is 0.367. The average Bonchev–Trinajstić information content (AvgIpc) is 1.66. The molecule has 1 atom stereocenters. The van der Waals surface area contributed by atoms with Crippen LogP contribution in [0.1, 0.15) is 13.8 Å². The van der Waals surface area contributed by atoms with Crippen LogP contribution in [0.15, 0.2) is 24.3 Å². The SMILES string of the molecule is C/C=C\C=C/C(C)S. The Bertz CT molecular complexity index is 90.6. The molecule has 0 N–H and O–H groups in total. The van der Waals surface area contributed by atoms with Crippen LogP contribution in [0.2, 0.25) is 0 Å². The highest BCUT2D eigenvalue weighted by molar-refractivity contribution is 7.81. The smallest absolute Gasteiger partial charge is 0.0171 e. The lowest BCUT2D eigenvalue weighted by atomic mass is 10.4. The van der Waals surface area contributed by atoms with Crippen LogP contribution in [0.3, 0.4) is 0 Å². The summed E-state index contributed by atoms with van der Waals surface area (Å²) in [7, 11) is 0. The molecule has 0 saturated carbocycles. The van der Waals surface area contributed by atoms with E-state index < -0.39 is 0 Å². The van der Waals surface area contributed by atoms with E-state index in [0.717, 1.165) is 0 Å². The van der Waals surface area contributed by atoms with Gasteiger partial charge in [-0.1, -0.05) is 24.3 Å². The van der Waals surface area contributed by atoms with Crippen LogP contribution >= 0.6 is 12.6 Å². The van der Waals surface area contributed by atoms with Crippen molar-refractivity contribution in [3.05, 3.63) is 24.3 Å². The first-order chi connectivity index (χ1) is 3.77. The summed E-state index contributed by atoms with van der Waals surface area (Å²) < 4.78 is 0. The molecule has 1 unspecified atom stereocenters. The maximum Gasteiger partial charge on any atom is 0.0171 e. The lowest BCUT2D eigenvalue weighted by Gasteiger charge is -1.87. The van der Waals surface area contributed by atoms with Crippen LogP contribution in [0.4, 0.5) is 0 Å². The summed E-state index contributed by atoms with van der Waals surface area (Å²) in [4.78, 5) is 0. The van der Waals surface area contributed by atoms with Crippen molar-refractivity contribution in [1.82, 2.24) is 0 Å². The molecule has 0 aromatic carbocycles. The highest BCUT2D eigenvalue weighted by atomic mass is 32.1. The molecule has 0 aromatic heterocycles. The van der Waals surface area contributed by atoms with Crippen LogP contribution < -0.4 is 0 Å². The number of hydrogen-bond acceptors (Lipinski definition) is 1. The van der Waals surface area contributed by atoms with Gasteiger partial charge in [0.1, 0.15) is 0 Å². The Morgan fingerprint density at radius 1 is 1.38 bits per heavy atom. The maximum absolute atomic E-state index is 4.15. The summed E-state index contributed by atoms with van der Waals surface area (Å²) in [6, 6.07) is 0. The van der Waals surface area contributed by atoms with Gasteiger partial charge in [-0.25, -0.2) is 0 Å². The minimum Gasteiger partial charge on any atom is -0.172 e. The summed E-state index contributed by atoms with van der Waals surface area (Å²) in [5.41, 5.74) is 0. The molecular weight excluding hydrogens is 116 g/mol. The van der Waals surface area contributed by atoms with Gasteiger partial charge in [-0.2, -0.15) is 12.6 Å². The zero-order chi connectivity index (χ0) is 6.41. The van der Waals surface area contributed by atoms with E-state index in [0.29, 0.717) is 5.25 Å². The largest absolute Gasteiger partial charge is 0.172 e. The molecule has 0 aliphatic carbocycles. The first-order valence-electron chi connectivity index (χ1n) is 2.75.